The van der Waals surface area contributed by atoms with Crippen molar-refractivity contribution in [2.45, 2.75) is 146 Å². The molecule has 1 aromatic carbocycles. The first-order valence-electron chi connectivity index (χ1n) is 18.8. The lowest BCUT2D eigenvalue weighted by Crippen LogP contribution is -2.69. The van der Waals surface area contributed by atoms with Crippen LogP contribution in [0.4, 0.5) is 0 Å². The van der Waals surface area contributed by atoms with Crippen molar-refractivity contribution in [1.82, 2.24) is 9.80 Å². The molecule has 2 bridgehead atoms. The highest BCUT2D eigenvalue weighted by Crippen LogP contribution is 2.65. The lowest BCUT2D eigenvalue weighted by molar-refractivity contribution is -0.144. The maximum absolute atomic E-state index is 14.4. The Morgan fingerprint density at radius 3 is 2.52 bits per heavy atom. The van der Waals surface area contributed by atoms with E-state index < -0.39 is 5.97 Å². The molecule has 2 heterocycles. The van der Waals surface area contributed by atoms with E-state index in [1.54, 1.807) is 6.07 Å². The molecule has 1 N–H and O–H groups in total. The molecule has 46 heavy (non-hydrogen) atoms. The van der Waals surface area contributed by atoms with E-state index in [1.807, 2.05) is 6.08 Å². The Morgan fingerprint density at radius 2 is 1.80 bits per heavy atom. The molecule has 6 aliphatic rings. The predicted octanol–water partition coefficient (Wildman–Crippen LogP) is 7.46. The number of phenols is 1. The molecular formula is C39H56N2O5. The second-order valence-electron chi connectivity index (χ2n) is 15.6. The molecule has 7 heteroatoms. The number of piperidine rings is 1. The van der Waals surface area contributed by atoms with E-state index in [9.17, 15) is 14.7 Å². The number of nitrogens with zero attached hydrogens (tertiary/aromatic N) is 2. The fourth-order valence-corrected chi connectivity index (χ4v) is 11.0. The van der Waals surface area contributed by atoms with Crippen molar-refractivity contribution in [2.24, 2.45) is 17.8 Å². The third-order valence-electron chi connectivity index (χ3n) is 13.0. The summed E-state index contributed by atoms with van der Waals surface area (Å²) in [6.45, 7) is 8.02. The van der Waals surface area contributed by atoms with Crippen molar-refractivity contribution in [3.63, 3.8) is 0 Å². The van der Waals surface area contributed by atoms with Crippen molar-refractivity contribution >= 4 is 11.9 Å². The van der Waals surface area contributed by atoms with E-state index in [2.05, 4.69) is 16.4 Å². The number of hydrogen-bond acceptors (Lipinski definition) is 6. The zero-order chi connectivity index (χ0) is 31.8. The van der Waals surface area contributed by atoms with Crippen LogP contribution >= 0.6 is 0 Å². The van der Waals surface area contributed by atoms with Gasteiger partial charge in [0.2, 0.25) is 5.91 Å². The SMILES string of the molecule is C=CCN1CC[C@]23c4c5c(O)cc(OC(C)=O)c4O[C@H]2[C@@H](N(CC2CCCCC2)C(=O)CCCCC2CCCCC2)CC[C@H]3[C@H]1C5. The minimum absolute atomic E-state index is 0.0266. The fraction of sp³-hybridized carbons (Fsp3) is 0.744. The number of amides is 1. The quantitative estimate of drug-likeness (QED) is 0.118. The van der Waals surface area contributed by atoms with Gasteiger partial charge in [-0.1, -0.05) is 70.3 Å². The van der Waals surface area contributed by atoms with E-state index in [1.165, 1.54) is 77.6 Å². The Morgan fingerprint density at radius 1 is 1.07 bits per heavy atom. The summed E-state index contributed by atoms with van der Waals surface area (Å²) in [6, 6.07) is 1.84. The van der Waals surface area contributed by atoms with Gasteiger partial charge in [-0.3, -0.25) is 14.5 Å². The Hall–Kier alpha value is -2.54. The second-order valence-corrected chi connectivity index (χ2v) is 15.6. The molecular weight excluding hydrogens is 576 g/mol. The number of unbranched alkanes of at least 4 members (excludes halogenated alkanes) is 1. The van der Waals surface area contributed by atoms with Gasteiger partial charge in [-0.2, -0.15) is 0 Å². The minimum atomic E-state index is -0.420. The number of carbonyl (C=O) groups is 2. The smallest absolute Gasteiger partial charge is 0.308 e. The van der Waals surface area contributed by atoms with Crippen LogP contribution in [-0.4, -0.2) is 64.6 Å². The molecule has 5 atom stereocenters. The van der Waals surface area contributed by atoms with Crippen molar-refractivity contribution < 1.29 is 24.2 Å². The Bertz CT molecular complexity index is 1300. The van der Waals surface area contributed by atoms with Crippen LogP contribution in [0, 0.1) is 17.8 Å². The van der Waals surface area contributed by atoms with Crippen LogP contribution in [0.2, 0.25) is 0 Å². The zero-order valence-corrected chi connectivity index (χ0v) is 28.1. The van der Waals surface area contributed by atoms with Crippen LogP contribution in [0.15, 0.2) is 18.7 Å². The summed E-state index contributed by atoms with van der Waals surface area (Å²) in [6.07, 6.45) is 22.5. The fourth-order valence-electron chi connectivity index (χ4n) is 11.0. The van der Waals surface area contributed by atoms with Gasteiger partial charge in [-0.25, -0.2) is 0 Å². The highest BCUT2D eigenvalue weighted by Gasteiger charge is 2.67. The Balaban J connectivity index is 1.20. The lowest BCUT2D eigenvalue weighted by Gasteiger charge is -2.60. The molecule has 7 nitrogen and oxygen atoms in total. The summed E-state index contributed by atoms with van der Waals surface area (Å²) in [7, 11) is 0. The average molecular weight is 633 g/mol. The summed E-state index contributed by atoms with van der Waals surface area (Å²) in [5, 5.41) is 11.4. The number of carbonyl (C=O) groups excluding carboxylic acids is 2. The molecule has 1 spiro atoms. The van der Waals surface area contributed by atoms with Crippen LogP contribution in [-0.2, 0) is 21.4 Å². The first-order valence-corrected chi connectivity index (χ1v) is 18.8. The van der Waals surface area contributed by atoms with Gasteiger partial charge >= 0.3 is 5.97 Å². The lowest BCUT2D eigenvalue weighted by atomic mass is 9.50. The molecule has 7 rings (SSSR count). The van der Waals surface area contributed by atoms with E-state index in [0.717, 1.165) is 75.2 Å². The molecule has 0 radical (unpaired) electrons. The number of ether oxygens (including phenoxy) is 2. The number of aromatic hydroxyl groups is 1. The monoisotopic (exact) mass is 632 g/mol. The van der Waals surface area contributed by atoms with Gasteiger partial charge in [-0.05, 0) is 69.2 Å². The van der Waals surface area contributed by atoms with Crippen LogP contribution in [0.3, 0.4) is 0 Å². The molecule has 1 saturated heterocycles. The molecule has 4 fully saturated rings. The predicted molar refractivity (Wildman–Crippen MR) is 179 cm³/mol. The van der Waals surface area contributed by atoms with Gasteiger partial charge in [0.05, 0.1) is 6.04 Å². The van der Waals surface area contributed by atoms with Gasteiger partial charge in [0, 0.05) is 55.1 Å². The first kappa shape index (κ1) is 32.0. The first-order chi connectivity index (χ1) is 22.4. The topological polar surface area (TPSA) is 79.3 Å². The van der Waals surface area contributed by atoms with Crippen LogP contribution in [0.25, 0.3) is 0 Å². The highest BCUT2D eigenvalue weighted by molar-refractivity contribution is 5.77. The van der Waals surface area contributed by atoms with Crippen molar-refractivity contribution in [2.75, 3.05) is 19.6 Å². The molecule has 3 saturated carbocycles. The highest BCUT2D eigenvalue weighted by atomic mass is 16.6. The largest absolute Gasteiger partial charge is 0.508 e. The number of benzene rings is 1. The van der Waals surface area contributed by atoms with Gasteiger partial charge in [0.1, 0.15) is 11.9 Å². The van der Waals surface area contributed by atoms with Crippen molar-refractivity contribution in [3.05, 3.63) is 29.8 Å². The minimum Gasteiger partial charge on any atom is -0.508 e. The van der Waals surface area contributed by atoms with Crippen LogP contribution in [0.1, 0.15) is 127 Å². The van der Waals surface area contributed by atoms with Crippen LogP contribution in [0.5, 0.6) is 17.2 Å². The standard InChI is InChI=1S/C39H56N2O5/c1-3-21-40-22-20-39-30-18-19-31(38(39)46-37-34(45-26(2)42)24-33(43)29(36(37)39)23-32(30)40)41(25-28-15-8-5-9-16-28)35(44)17-11-10-14-27-12-6-4-7-13-27/h3,24,27-28,30-32,38,43H,1,4-23,25H2,2H3/t30-,31-,32+,38-,39-/m0/s1. The summed E-state index contributed by atoms with van der Waals surface area (Å²) in [5.74, 6) is 2.78. The van der Waals surface area contributed by atoms with E-state index >= 15 is 0 Å². The third-order valence-corrected chi connectivity index (χ3v) is 13.0. The summed E-state index contributed by atoms with van der Waals surface area (Å²) in [4.78, 5) is 31.4. The molecule has 252 valence electrons. The summed E-state index contributed by atoms with van der Waals surface area (Å²) >= 11 is 0. The number of hydrogen-bond donors (Lipinski definition) is 1. The van der Waals surface area contributed by atoms with Gasteiger partial charge in [-0.15, -0.1) is 6.58 Å². The number of esters is 1. The maximum Gasteiger partial charge on any atom is 0.308 e. The third kappa shape index (κ3) is 5.77. The van der Waals surface area contributed by atoms with Crippen molar-refractivity contribution in [1.29, 1.82) is 0 Å². The number of rotatable bonds is 11. The summed E-state index contributed by atoms with van der Waals surface area (Å²) < 4.78 is 12.8. The van der Waals surface area contributed by atoms with Gasteiger partial charge < -0.3 is 19.5 Å². The Kier molecular flexibility index (Phi) is 9.42. The molecule has 4 aliphatic carbocycles. The van der Waals surface area contributed by atoms with Crippen molar-refractivity contribution in [3.8, 4) is 17.2 Å². The normalized spacial score (nSPS) is 30.7. The molecule has 1 amide bonds. The zero-order valence-electron chi connectivity index (χ0n) is 28.1. The Labute approximate surface area is 276 Å². The maximum atomic E-state index is 14.4. The number of phenolic OH excluding ortho intramolecular Hbond substituents is 1. The van der Waals surface area contributed by atoms with Gasteiger partial charge in [0.15, 0.2) is 11.5 Å². The van der Waals surface area contributed by atoms with E-state index in [4.69, 9.17) is 9.47 Å². The van der Waals surface area contributed by atoms with E-state index in [-0.39, 0.29) is 29.4 Å². The van der Waals surface area contributed by atoms with Gasteiger partial charge in [0.25, 0.3) is 0 Å². The average Bonchev–Trinajstić information content (AvgIpc) is 3.40. The van der Waals surface area contributed by atoms with E-state index in [0.29, 0.717) is 35.7 Å². The number of likely N-dealkylation sites (tertiary alicyclic amines) is 1. The second kappa shape index (κ2) is 13.5. The molecule has 1 aromatic rings. The summed E-state index contributed by atoms with van der Waals surface area (Å²) in [5.41, 5.74) is 1.70. The molecule has 0 unspecified atom stereocenters. The molecule has 2 aliphatic heterocycles. The van der Waals surface area contributed by atoms with Crippen LogP contribution < -0.4 is 9.47 Å². The molecule has 0 aromatic heterocycles.